The Hall–Kier alpha value is -0.860. The number of hydrogen-bond acceptors (Lipinski definition) is 2. The first-order valence-corrected chi connectivity index (χ1v) is 5.81. The Morgan fingerprint density at radius 2 is 2.07 bits per heavy atom. The predicted molar refractivity (Wildman–Crippen MR) is 62.0 cm³/mol. The van der Waals surface area contributed by atoms with Crippen molar-refractivity contribution in [3.05, 3.63) is 35.4 Å². The van der Waals surface area contributed by atoms with Crippen LogP contribution in [-0.2, 0) is 12.8 Å². The molecule has 0 radical (unpaired) electrons. The highest BCUT2D eigenvalue weighted by molar-refractivity contribution is 5.30. The summed E-state index contributed by atoms with van der Waals surface area (Å²) in [5, 5.41) is 12.2. The average Bonchev–Trinajstić information content (AvgIpc) is 2.29. The van der Waals surface area contributed by atoms with Crippen LogP contribution < -0.4 is 5.32 Å². The summed E-state index contributed by atoms with van der Waals surface area (Å²) >= 11 is 0. The summed E-state index contributed by atoms with van der Waals surface area (Å²) in [7, 11) is 0. The Balaban J connectivity index is 1.88. The molecule has 0 saturated heterocycles. The van der Waals surface area contributed by atoms with Crippen LogP contribution in [0, 0.1) is 0 Å². The van der Waals surface area contributed by atoms with Crippen molar-refractivity contribution < 1.29 is 5.11 Å². The maximum atomic E-state index is 8.71. The average molecular weight is 205 g/mol. The smallest absolute Gasteiger partial charge is 0.0443 e. The summed E-state index contributed by atoms with van der Waals surface area (Å²) in [6.07, 6.45) is 4.41. The molecule has 0 heterocycles. The van der Waals surface area contributed by atoms with E-state index in [0.717, 1.165) is 19.4 Å². The molecule has 2 heteroatoms. The molecule has 0 saturated carbocycles. The molecule has 0 aliphatic heterocycles. The molecule has 0 amide bonds. The second kappa shape index (κ2) is 5.29. The molecule has 2 N–H and O–H groups in total. The molecule has 1 aliphatic rings. The van der Waals surface area contributed by atoms with Crippen molar-refractivity contribution in [3.63, 3.8) is 0 Å². The van der Waals surface area contributed by atoms with Crippen molar-refractivity contribution in [3.8, 4) is 0 Å². The maximum Gasteiger partial charge on any atom is 0.0443 e. The van der Waals surface area contributed by atoms with Gasteiger partial charge in [0.1, 0.15) is 0 Å². The van der Waals surface area contributed by atoms with E-state index in [4.69, 9.17) is 5.11 Å². The van der Waals surface area contributed by atoms with Crippen LogP contribution in [-0.4, -0.2) is 24.3 Å². The zero-order valence-electron chi connectivity index (χ0n) is 9.08. The van der Waals surface area contributed by atoms with Crippen molar-refractivity contribution in [2.75, 3.05) is 13.2 Å². The van der Waals surface area contributed by atoms with Gasteiger partial charge in [-0.3, -0.25) is 0 Å². The number of hydrogen-bond donors (Lipinski definition) is 2. The third-order valence-electron chi connectivity index (χ3n) is 3.11. The molecule has 1 aromatic rings. The summed E-state index contributed by atoms with van der Waals surface area (Å²) in [4.78, 5) is 0. The van der Waals surface area contributed by atoms with Gasteiger partial charge in [-0.2, -0.15) is 0 Å². The van der Waals surface area contributed by atoms with Gasteiger partial charge in [0.15, 0.2) is 0 Å². The second-order valence-electron chi connectivity index (χ2n) is 4.24. The van der Waals surface area contributed by atoms with Gasteiger partial charge in [-0.25, -0.2) is 0 Å². The number of aliphatic hydroxyl groups is 1. The van der Waals surface area contributed by atoms with E-state index in [0.29, 0.717) is 6.04 Å². The van der Waals surface area contributed by atoms with Crippen LogP contribution in [0.15, 0.2) is 24.3 Å². The van der Waals surface area contributed by atoms with E-state index in [-0.39, 0.29) is 6.61 Å². The van der Waals surface area contributed by atoms with Crippen LogP contribution >= 0.6 is 0 Å². The number of nitrogens with one attached hydrogen (secondary N) is 1. The van der Waals surface area contributed by atoms with Crippen molar-refractivity contribution in [1.29, 1.82) is 0 Å². The topological polar surface area (TPSA) is 32.3 Å². The molecule has 1 aromatic carbocycles. The fourth-order valence-corrected chi connectivity index (χ4v) is 2.26. The first-order chi connectivity index (χ1) is 7.40. The molecule has 0 fully saturated rings. The van der Waals surface area contributed by atoms with E-state index in [2.05, 4.69) is 29.6 Å². The molecule has 1 unspecified atom stereocenters. The van der Waals surface area contributed by atoms with Gasteiger partial charge in [0.2, 0.25) is 0 Å². The number of fused-ring (bicyclic) bond motifs is 1. The predicted octanol–water partition coefficient (Wildman–Crippen LogP) is 1.52. The lowest BCUT2D eigenvalue weighted by atomic mass is 9.88. The monoisotopic (exact) mass is 205 g/mol. The Bertz CT molecular complexity index is 311. The van der Waals surface area contributed by atoms with Crippen LogP contribution in [0.3, 0.4) is 0 Å². The molecule has 0 aromatic heterocycles. The Morgan fingerprint density at radius 3 is 2.87 bits per heavy atom. The molecule has 2 rings (SSSR count). The fraction of sp³-hybridized carbons (Fsp3) is 0.538. The number of benzene rings is 1. The Morgan fingerprint density at radius 1 is 1.27 bits per heavy atom. The third kappa shape index (κ3) is 2.80. The van der Waals surface area contributed by atoms with Crippen LogP contribution in [0.5, 0.6) is 0 Å². The molecule has 82 valence electrons. The van der Waals surface area contributed by atoms with Crippen molar-refractivity contribution in [2.45, 2.75) is 31.7 Å². The SMILES string of the molecule is OCCCNC1CCc2ccccc2C1. The van der Waals surface area contributed by atoms with Crippen LogP contribution in [0.1, 0.15) is 24.0 Å². The molecule has 15 heavy (non-hydrogen) atoms. The molecule has 0 spiro atoms. The lowest BCUT2D eigenvalue weighted by molar-refractivity contribution is 0.281. The van der Waals surface area contributed by atoms with Gasteiger partial charge < -0.3 is 10.4 Å². The van der Waals surface area contributed by atoms with Gasteiger partial charge >= 0.3 is 0 Å². The molecule has 1 aliphatic carbocycles. The van der Waals surface area contributed by atoms with Gasteiger partial charge in [0, 0.05) is 12.6 Å². The highest BCUT2D eigenvalue weighted by atomic mass is 16.3. The minimum Gasteiger partial charge on any atom is -0.396 e. The third-order valence-corrected chi connectivity index (χ3v) is 3.11. The largest absolute Gasteiger partial charge is 0.396 e. The lowest BCUT2D eigenvalue weighted by Gasteiger charge is -2.25. The van der Waals surface area contributed by atoms with Crippen LogP contribution in [0.2, 0.25) is 0 Å². The first kappa shape index (κ1) is 10.7. The van der Waals surface area contributed by atoms with Gasteiger partial charge in [0.05, 0.1) is 0 Å². The number of aryl methyl sites for hydroxylation is 1. The zero-order valence-corrected chi connectivity index (χ0v) is 9.08. The minimum absolute atomic E-state index is 0.288. The first-order valence-electron chi connectivity index (χ1n) is 5.81. The van der Waals surface area contributed by atoms with E-state index >= 15 is 0 Å². The summed E-state index contributed by atoms with van der Waals surface area (Å²) < 4.78 is 0. The van der Waals surface area contributed by atoms with Crippen molar-refractivity contribution >= 4 is 0 Å². The molecular weight excluding hydrogens is 186 g/mol. The molecule has 2 nitrogen and oxygen atoms in total. The molecule has 0 bridgehead atoms. The van der Waals surface area contributed by atoms with E-state index in [9.17, 15) is 0 Å². The highest BCUT2D eigenvalue weighted by Gasteiger charge is 2.16. The van der Waals surface area contributed by atoms with Gasteiger partial charge in [0.25, 0.3) is 0 Å². The molecular formula is C13H19NO. The van der Waals surface area contributed by atoms with E-state index in [1.807, 2.05) is 0 Å². The van der Waals surface area contributed by atoms with Crippen molar-refractivity contribution in [1.82, 2.24) is 5.32 Å². The fourth-order valence-electron chi connectivity index (χ4n) is 2.26. The number of rotatable bonds is 4. The van der Waals surface area contributed by atoms with E-state index in [1.54, 1.807) is 0 Å². The Kier molecular flexibility index (Phi) is 3.75. The Labute approximate surface area is 91.3 Å². The zero-order chi connectivity index (χ0) is 10.5. The van der Waals surface area contributed by atoms with Gasteiger partial charge in [-0.15, -0.1) is 0 Å². The van der Waals surface area contributed by atoms with Gasteiger partial charge in [-0.05, 0) is 43.4 Å². The normalized spacial score (nSPS) is 19.9. The second-order valence-corrected chi connectivity index (χ2v) is 4.24. The lowest BCUT2D eigenvalue weighted by Crippen LogP contribution is -2.35. The van der Waals surface area contributed by atoms with Crippen molar-refractivity contribution in [2.24, 2.45) is 0 Å². The van der Waals surface area contributed by atoms with Crippen LogP contribution in [0.25, 0.3) is 0 Å². The summed E-state index contributed by atoms with van der Waals surface area (Å²) in [5.41, 5.74) is 3.00. The maximum absolute atomic E-state index is 8.71. The number of aliphatic hydroxyl groups excluding tert-OH is 1. The standard InChI is InChI=1S/C13H19NO/c15-9-3-8-14-13-7-6-11-4-1-2-5-12(11)10-13/h1-2,4-5,13-15H,3,6-10H2. The van der Waals surface area contributed by atoms with E-state index in [1.165, 1.54) is 24.0 Å². The van der Waals surface area contributed by atoms with Gasteiger partial charge in [-0.1, -0.05) is 24.3 Å². The minimum atomic E-state index is 0.288. The van der Waals surface area contributed by atoms with Crippen LogP contribution in [0.4, 0.5) is 0 Å². The molecule has 1 atom stereocenters. The van der Waals surface area contributed by atoms with E-state index < -0.39 is 0 Å². The highest BCUT2D eigenvalue weighted by Crippen LogP contribution is 2.20. The summed E-state index contributed by atoms with van der Waals surface area (Å²) in [6, 6.07) is 9.31. The quantitative estimate of drug-likeness (QED) is 0.730. The summed E-state index contributed by atoms with van der Waals surface area (Å²) in [6.45, 7) is 1.22. The summed E-state index contributed by atoms with van der Waals surface area (Å²) in [5.74, 6) is 0.